The van der Waals surface area contributed by atoms with Crippen LogP contribution in [0.2, 0.25) is 0 Å². The van der Waals surface area contributed by atoms with E-state index in [0.29, 0.717) is 13.2 Å². The largest absolute Gasteiger partial charge is 0.487 e. The van der Waals surface area contributed by atoms with Gasteiger partial charge in [-0.25, -0.2) is 4.98 Å². The molecule has 140 valence electrons. The van der Waals surface area contributed by atoms with Gasteiger partial charge in [-0.1, -0.05) is 18.2 Å². The first-order chi connectivity index (χ1) is 13.0. The van der Waals surface area contributed by atoms with Crippen molar-refractivity contribution in [2.24, 2.45) is 7.05 Å². The fraction of sp³-hybridized carbons (Fsp3) is 0.250. The summed E-state index contributed by atoms with van der Waals surface area (Å²) in [6.45, 7) is 2.89. The van der Waals surface area contributed by atoms with E-state index < -0.39 is 0 Å². The van der Waals surface area contributed by atoms with Gasteiger partial charge in [0.25, 0.3) is 0 Å². The smallest absolute Gasteiger partial charge is 0.246 e. The fourth-order valence-corrected chi connectivity index (χ4v) is 3.17. The zero-order valence-electron chi connectivity index (χ0n) is 15.6. The van der Waals surface area contributed by atoms with Gasteiger partial charge in [0.1, 0.15) is 12.4 Å². The van der Waals surface area contributed by atoms with Gasteiger partial charge in [-0.3, -0.25) is 9.48 Å². The van der Waals surface area contributed by atoms with E-state index >= 15 is 0 Å². The van der Waals surface area contributed by atoms with Crippen molar-refractivity contribution in [1.82, 2.24) is 19.7 Å². The first kappa shape index (κ1) is 18.8. The number of carbonyl (C=O) groups is 1. The topological polar surface area (TPSA) is 60.2 Å². The molecule has 0 aliphatic carbocycles. The van der Waals surface area contributed by atoms with E-state index in [0.717, 1.165) is 27.6 Å². The second-order valence-corrected chi connectivity index (χ2v) is 7.30. The lowest BCUT2D eigenvalue weighted by Crippen LogP contribution is -2.23. The molecule has 0 radical (unpaired) electrons. The van der Waals surface area contributed by atoms with Gasteiger partial charge in [-0.2, -0.15) is 5.10 Å². The number of hydrogen-bond donors (Lipinski definition) is 0. The van der Waals surface area contributed by atoms with Crippen LogP contribution in [0.15, 0.2) is 48.1 Å². The Hall–Kier alpha value is -2.93. The molecule has 1 aromatic carbocycles. The lowest BCUT2D eigenvalue weighted by Gasteiger charge is -2.13. The highest BCUT2D eigenvalue weighted by molar-refractivity contribution is 7.09. The molecule has 0 spiro atoms. The van der Waals surface area contributed by atoms with Crippen molar-refractivity contribution in [2.45, 2.75) is 20.1 Å². The van der Waals surface area contributed by atoms with E-state index in [9.17, 15) is 4.79 Å². The van der Waals surface area contributed by atoms with Crippen LogP contribution < -0.4 is 4.74 Å². The predicted molar refractivity (Wildman–Crippen MR) is 106 cm³/mol. The number of carbonyl (C=O) groups excluding carboxylic acids is 1. The average molecular weight is 382 g/mol. The minimum atomic E-state index is -0.0798. The highest BCUT2D eigenvalue weighted by atomic mass is 32.1. The van der Waals surface area contributed by atoms with Crippen molar-refractivity contribution in [3.63, 3.8) is 0 Å². The Morgan fingerprint density at radius 2 is 2.19 bits per heavy atom. The SMILES string of the molecule is Cc1nc(COc2ccccc2/C=C/C(=O)N(C)Cc2cnn(C)c2)cs1. The third-order valence-corrected chi connectivity index (χ3v) is 4.74. The number of likely N-dealkylation sites (N-methyl/N-ethyl adjacent to an activating group) is 1. The Kier molecular flexibility index (Phi) is 6.03. The quantitative estimate of drug-likeness (QED) is 0.588. The molecule has 0 atom stereocenters. The standard InChI is InChI=1S/C20H22N4O2S/c1-15-22-18(14-27-15)13-26-19-7-5-4-6-17(19)8-9-20(25)23(2)11-16-10-21-24(3)12-16/h4-10,12,14H,11,13H2,1-3H3/b9-8+. The maximum atomic E-state index is 12.4. The summed E-state index contributed by atoms with van der Waals surface area (Å²) in [4.78, 5) is 18.4. The number of amides is 1. The van der Waals surface area contributed by atoms with E-state index in [1.54, 1.807) is 46.3 Å². The summed E-state index contributed by atoms with van der Waals surface area (Å²) in [6.07, 6.45) is 7.00. The monoisotopic (exact) mass is 382 g/mol. The molecule has 7 heteroatoms. The molecule has 2 aromatic heterocycles. The molecule has 27 heavy (non-hydrogen) atoms. The number of para-hydroxylation sites is 1. The van der Waals surface area contributed by atoms with E-state index in [1.807, 2.05) is 49.8 Å². The van der Waals surface area contributed by atoms with Crippen LogP contribution in [0.5, 0.6) is 5.75 Å². The molecule has 0 bridgehead atoms. The summed E-state index contributed by atoms with van der Waals surface area (Å²) < 4.78 is 7.61. The number of ether oxygens (including phenoxy) is 1. The minimum absolute atomic E-state index is 0.0798. The maximum absolute atomic E-state index is 12.4. The predicted octanol–water partition coefficient (Wildman–Crippen LogP) is 3.44. The number of rotatable bonds is 7. The second-order valence-electron chi connectivity index (χ2n) is 6.23. The van der Waals surface area contributed by atoms with Crippen LogP contribution in [-0.4, -0.2) is 32.6 Å². The third-order valence-electron chi connectivity index (χ3n) is 3.92. The van der Waals surface area contributed by atoms with Crippen LogP contribution in [0.1, 0.15) is 21.8 Å². The minimum Gasteiger partial charge on any atom is -0.487 e. The van der Waals surface area contributed by atoms with Crippen LogP contribution in [0.3, 0.4) is 0 Å². The number of benzene rings is 1. The van der Waals surface area contributed by atoms with Crippen LogP contribution in [-0.2, 0) is 25.0 Å². The summed E-state index contributed by atoms with van der Waals surface area (Å²) in [6, 6.07) is 7.65. The molecule has 0 saturated heterocycles. The lowest BCUT2D eigenvalue weighted by atomic mass is 10.2. The van der Waals surface area contributed by atoms with Crippen LogP contribution in [0.4, 0.5) is 0 Å². The Labute approximate surface area is 162 Å². The first-order valence-corrected chi connectivity index (χ1v) is 9.43. The van der Waals surface area contributed by atoms with Gasteiger partial charge in [0.05, 0.1) is 16.9 Å². The third kappa shape index (κ3) is 5.27. The normalized spacial score (nSPS) is 11.1. The molecule has 1 amide bonds. The highest BCUT2D eigenvalue weighted by Crippen LogP contribution is 2.21. The molecule has 0 N–H and O–H groups in total. The molecule has 6 nitrogen and oxygen atoms in total. The van der Waals surface area contributed by atoms with Crippen molar-refractivity contribution < 1.29 is 9.53 Å². The molecule has 0 saturated carbocycles. The summed E-state index contributed by atoms with van der Waals surface area (Å²) >= 11 is 1.60. The van der Waals surface area contributed by atoms with Crippen molar-refractivity contribution in [3.8, 4) is 5.75 Å². The van der Waals surface area contributed by atoms with Gasteiger partial charge < -0.3 is 9.64 Å². The van der Waals surface area contributed by atoms with Crippen LogP contribution in [0.25, 0.3) is 6.08 Å². The van der Waals surface area contributed by atoms with E-state index in [-0.39, 0.29) is 5.91 Å². The second kappa shape index (κ2) is 8.64. The van der Waals surface area contributed by atoms with Gasteiger partial charge in [0, 0.05) is 49.4 Å². The van der Waals surface area contributed by atoms with Crippen molar-refractivity contribution in [2.75, 3.05) is 7.05 Å². The van der Waals surface area contributed by atoms with Gasteiger partial charge >= 0.3 is 0 Å². The molecule has 0 fully saturated rings. The van der Waals surface area contributed by atoms with Crippen LogP contribution >= 0.6 is 11.3 Å². The highest BCUT2D eigenvalue weighted by Gasteiger charge is 2.08. The number of aryl methyl sites for hydroxylation is 2. The summed E-state index contributed by atoms with van der Waals surface area (Å²) in [5.41, 5.74) is 2.75. The summed E-state index contributed by atoms with van der Waals surface area (Å²) in [7, 11) is 3.63. The number of thiazole rings is 1. The lowest BCUT2D eigenvalue weighted by molar-refractivity contribution is -0.125. The number of hydrogen-bond acceptors (Lipinski definition) is 5. The molecule has 0 aliphatic rings. The average Bonchev–Trinajstić information content (AvgIpc) is 3.26. The number of nitrogens with zero attached hydrogens (tertiary/aromatic N) is 4. The van der Waals surface area contributed by atoms with Crippen molar-refractivity contribution >= 4 is 23.3 Å². The van der Waals surface area contributed by atoms with Crippen molar-refractivity contribution in [3.05, 3.63) is 69.9 Å². The van der Waals surface area contributed by atoms with Gasteiger partial charge in [0.2, 0.25) is 5.91 Å². The van der Waals surface area contributed by atoms with Gasteiger partial charge in [0.15, 0.2) is 0 Å². The molecular weight excluding hydrogens is 360 g/mol. The summed E-state index contributed by atoms with van der Waals surface area (Å²) in [5, 5.41) is 7.13. The fourth-order valence-electron chi connectivity index (χ4n) is 2.57. The Morgan fingerprint density at radius 1 is 1.37 bits per heavy atom. The molecule has 2 heterocycles. The van der Waals surface area contributed by atoms with Crippen molar-refractivity contribution in [1.29, 1.82) is 0 Å². The number of aromatic nitrogens is 3. The molecule has 0 aliphatic heterocycles. The Morgan fingerprint density at radius 3 is 2.89 bits per heavy atom. The molecule has 0 unspecified atom stereocenters. The zero-order valence-corrected chi connectivity index (χ0v) is 16.4. The maximum Gasteiger partial charge on any atom is 0.246 e. The van der Waals surface area contributed by atoms with E-state index in [4.69, 9.17) is 4.74 Å². The molecular formula is C20H22N4O2S. The molecule has 3 aromatic rings. The summed E-state index contributed by atoms with van der Waals surface area (Å²) in [5.74, 6) is 0.644. The Bertz CT molecular complexity index is 945. The van der Waals surface area contributed by atoms with Gasteiger partial charge in [-0.05, 0) is 19.1 Å². The zero-order chi connectivity index (χ0) is 19.2. The molecule has 3 rings (SSSR count). The Balaban J connectivity index is 1.62. The van der Waals surface area contributed by atoms with E-state index in [2.05, 4.69) is 10.1 Å². The van der Waals surface area contributed by atoms with Gasteiger partial charge in [-0.15, -0.1) is 11.3 Å². The van der Waals surface area contributed by atoms with Crippen LogP contribution in [0, 0.1) is 6.92 Å². The first-order valence-electron chi connectivity index (χ1n) is 8.55. The van der Waals surface area contributed by atoms with E-state index in [1.165, 1.54) is 0 Å².